The van der Waals surface area contributed by atoms with E-state index in [2.05, 4.69) is 20.6 Å². The van der Waals surface area contributed by atoms with E-state index >= 15 is 0 Å². The Hall–Kier alpha value is -4.51. The Morgan fingerprint density at radius 1 is 0.630 bits per heavy atom. The van der Waals surface area contributed by atoms with Crippen molar-refractivity contribution in [2.24, 2.45) is 0 Å². The zero-order valence-electron chi connectivity index (χ0n) is 25.9. The summed E-state index contributed by atoms with van der Waals surface area (Å²) in [6, 6.07) is 6.99. The lowest BCUT2D eigenvalue weighted by Gasteiger charge is -2.32. The molecule has 1 saturated heterocycles. The summed E-state index contributed by atoms with van der Waals surface area (Å²) >= 11 is 0. The van der Waals surface area contributed by atoms with Crippen molar-refractivity contribution in [2.45, 2.75) is 6.92 Å². The van der Waals surface area contributed by atoms with E-state index < -0.39 is 17.9 Å². The van der Waals surface area contributed by atoms with Crippen LogP contribution < -0.4 is 10.6 Å². The number of hydrogen-bond donors (Lipinski definition) is 5. The number of amides is 2. The highest BCUT2D eigenvalue weighted by Gasteiger charge is 2.21. The fraction of sp³-hybridized carbons (Fsp3) is 0.500. The van der Waals surface area contributed by atoms with Crippen molar-refractivity contribution in [1.82, 2.24) is 40.2 Å². The van der Waals surface area contributed by atoms with Crippen LogP contribution in [0.2, 0.25) is 0 Å². The van der Waals surface area contributed by atoms with Gasteiger partial charge in [-0.25, -0.2) is 0 Å². The van der Waals surface area contributed by atoms with Gasteiger partial charge in [-0.2, -0.15) is 0 Å². The number of carboxylic acid groups (broad SMARTS) is 3. The first-order valence-corrected chi connectivity index (χ1v) is 15.0. The van der Waals surface area contributed by atoms with Gasteiger partial charge in [0.05, 0.1) is 37.6 Å². The number of rotatable bonds is 13. The molecule has 0 unspecified atom stereocenters. The molecule has 2 amide bonds. The molecule has 3 rings (SSSR count). The van der Waals surface area contributed by atoms with E-state index in [9.17, 15) is 39.3 Å². The van der Waals surface area contributed by atoms with Crippen molar-refractivity contribution < 1.29 is 39.3 Å². The summed E-state index contributed by atoms with van der Waals surface area (Å²) in [7, 11) is 0. The zero-order chi connectivity index (χ0) is 33.5. The van der Waals surface area contributed by atoms with E-state index in [0.29, 0.717) is 56.2 Å². The lowest BCUT2D eigenvalue weighted by molar-refractivity contribution is -0.140. The predicted octanol–water partition coefficient (Wildman–Crippen LogP) is -1.23. The summed E-state index contributed by atoms with van der Waals surface area (Å²) < 4.78 is 0. The number of pyridine rings is 2. The fourth-order valence-corrected chi connectivity index (χ4v) is 4.91. The van der Waals surface area contributed by atoms with E-state index in [1.54, 1.807) is 33.0 Å². The van der Waals surface area contributed by atoms with Gasteiger partial charge in [0, 0.05) is 83.4 Å². The molecular weight excluding hydrogens is 600 g/mol. The van der Waals surface area contributed by atoms with Gasteiger partial charge < -0.3 is 26.0 Å². The molecule has 2 aromatic rings. The highest BCUT2D eigenvalue weighted by Crippen LogP contribution is 2.16. The average Bonchev–Trinajstić information content (AvgIpc) is 2.99. The summed E-state index contributed by atoms with van der Waals surface area (Å²) in [6.45, 7) is 3.97. The summed E-state index contributed by atoms with van der Waals surface area (Å²) in [6.07, 6.45) is 3.21. The zero-order valence-corrected chi connectivity index (χ0v) is 25.9. The average molecular weight is 643 g/mol. The quantitative estimate of drug-likeness (QED) is 0.162. The summed E-state index contributed by atoms with van der Waals surface area (Å²) in [5.41, 5.74) is 2.64. The second-order valence-electron chi connectivity index (χ2n) is 11.0. The van der Waals surface area contributed by atoms with E-state index in [-0.39, 0.29) is 64.2 Å². The Labute approximate surface area is 267 Å². The number of aliphatic carboxylic acids is 3. The van der Waals surface area contributed by atoms with Gasteiger partial charge in [0.1, 0.15) is 0 Å². The molecule has 0 aromatic carbocycles. The number of hydrogen-bond acceptors (Lipinski definition) is 11. The predicted molar refractivity (Wildman–Crippen MR) is 166 cm³/mol. The normalized spacial score (nSPS) is 16.1. The van der Waals surface area contributed by atoms with Crippen LogP contribution >= 0.6 is 0 Å². The largest absolute Gasteiger partial charge is 0.480 e. The van der Waals surface area contributed by atoms with Crippen LogP contribution in [0.25, 0.3) is 11.4 Å². The van der Waals surface area contributed by atoms with Crippen LogP contribution in [0.1, 0.15) is 15.9 Å². The van der Waals surface area contributed by atoms with Crippen LogP contribution in [0.4, 0.5) is 0 Å². The van der Waals surface area contributed by atoms with Gasteiger partial charge in [0.2, 0.25) is 5.91 Å². The standard InChI is InChI=1S/C30H42N8O8/c1-22-2-4-31-24(16-22)25-17-23(3-5-32-25)30(46)34-7-6-33-26(39)18-35-8-10-36(19-27(40)41)12-14-38(21-29(44)45)15-13-37(11-9-35)20-28(42)43/h2-5,16-17H,6-15,18-21H2,1H3,(H,33,39)(H,34,46)(H,40,41)(H,42,43)(H,44,45). The molecule has 1 fully saturated rings. The van der Waals surface area contributed by atoms with Gasteiger partial charge in [-0.15, -0.1) is 0 Å². The minimum Gasteiger partial charge on any atom is -0.480 e. The maximum atomic E-state index is 12.8. The highest BCUT2D eigenvalue weighted by molar-refractivity contribution is 5.95. The minimum atomic E-state index is -1.03. The van der Waals surface area contributed by atoms with Gasteiger partial charge in [-0.3, -0.25) is 53.5 Å². The summed E-state index contributed by atoms with van der Waals surface area (Å²) in [5.74, 6) is -3.70. The van der Waals surface area contributed by atoms with Gasteiger partial charge >= 0.3 is 17.9 Å². The van der Waals surface area contributed by atoms with E-state index in [1.165, 1.54) is 6.20 Å². The highest BCUT2D eigenvalue weighted by atomic mass is 16.4. The van der Waals surface area contributed by atoms with Crippen LogP contribution in [0.5, 0.6) is 0 Å². The molecule has 5 N–H and O–H groups in total. The Kier molecular flexibility index (Phi) is 14.4. The van der Waals surface area contributed by atoms with Crippen LogP contribution in [-0.4, -0.2) is 166 Å². The molecule has 16 heteroatoms. The summed E-state index contributed by atoms with van der Waals surface area (Å²) in [4.78, 5) is 75.3. The molecule has 250 valence electrons. The first-order valence-electron chi connectivity index (χ1n) is 15.0. The van der Waals surface area contributed by atoms with Gasteiger partial charge in [-0.05, 0) is 36.8 Å². The lowest BCUT2D eigenvalue weighted by Crippen LogP contribution is -2.50. The molecule has 0 atom stereocenters. The number of nitrogens with zero attached hydrogens (tertiary/aromatic N) is 6. The Bertz CT molecular complexity index is 1330. The van der Waals surface area contributed by atoms with Crippen LogP contribution in [0.15, 0.2) is 36.7 Å². The molecule has 0 radical (unpaired) electrons. The number of carboxylic acids is 3. The molecule has 0 saturated carbocycles. The first kappa shape index (κ1) is 36.0. The SMILES string of the molecule is Cc1ccnc(-c2cc(C(=O)NCCNC(=O)CN3CCN(CC(=O)O)CCN(CC(=O)O)CCN(CC(=O)O)CC3)ccn2)c1. The fourth-order valence-electron chi connectivity index (χ4n) is 4.91. The van der Waals surface area contributed by atoms with Gasteiger partial charge in [0.15, 0.2) is 0 Å². The number of carbonyl (C=O) groups is 5. The third kappa shape index (κ3) is 13.2. The second-order valence-corrected chi connectivity index (χ2v) is 11.0. The minimum absolute atomic E-state index is 0.0158. The Balaban J connectivity index is 1.55. The molecule has 1 aliphatic rings. The molecular formula is C30H42N8O8. The van der Waals surface area contributed by atoms with E-state index in [4.69, 9.17) is 0 Å². The Morgan fingerprint density at radius 2 is 1.04 bits per heavy atom. The van der Waals surface area contributed by atoms with Gasteiger partial charge in [-0.1, -0.05) is 0 Å². The first-order chi connectivity index (χ1) is 22.0. The molecule has 0 aliphatic carbocycles. The maximum absolute atomic E-state index is 12.8. The summed E-state index contributed by atoms with van der Waals surface area (Å²) in [5, 5.41) is 33.6. The molecule has 0 bridgehead atoms. The van der Waals surface area contributed by atoms with Gasteiger partial charge in [0.25, 0.3) is 5.91 Å². The molecule has 2 aromatic heterocycles. The molecule has 0 spiro atoms. The topological polar surface area (TPSA) is 209 Å². The van der Waals surface area contributed by atoms with Crippen molar-refractivity contribution in [2.75, 3.05) is 91.6 Å². The van der Waals surface area contributed by atoms with E-state index in [0.717, 1.165) is 5.56 Å². The maximum Gasteiger partial charge on any atom is 0.317 e. The van der Waals surface area contributed by atoms with Crippen LogP contribution in [0.3, 0.4) is 0 Å². The van der Waals surface area contributed by atoms with Crippen LogP contribution in [-0.2, 0) is 19.2 Å². The monoisotopic (exact) mass is 642 g/mol. The molecule has 1 aliphatic heterocycles. The van der Waals surface area contributed by atoms with Crippen molar-refractivity contribution >= 4 is 29.7 Å². The number of nitrogens with one attached hydrogen (secondary N) is 2. The second kappa shape index (κ2) is 18.5. The number of carbonyl (C=O) groups excluding carboxylic acids is 2. The van der Waals surface area contributed by atoms with E-state index in [1.807, 2.05) is 24.0 Å². The molecule has 46 heavy (non-hydrogen) atoms. The lowest BCUT2D eigenvalue weighted by atomic mass is 10.1. The number of aryl methyl sites for hydroxylation is 1. The Morgan fingerprint density at radius 3 is 1.50 bits per heavy atom. The van der Waals surface area contributed by atoms with Crippen molar-refractivity contribution in [3.8, 4) is 11.4 Å². The van der Waals surface area contributed by atoms with Crippen molar-refractivity contribution in [1.29, 1.82) is 0 Å². The third-order valence-electron chi connectivity index (χ3n) is 7.31. The van der Waals surface area contributed by atoms with Crippen LogP contribution in [0, 0.1) is 6.92 Å². The van der Waals surface area contributed by atoms with Crippen molar-refractivity contribution in [3.63, 3.8) is 0 Å². The van der Waals surface area contributed by atoms with Crippen molar-refractivity contribution in [3.05, 3.63) is 47.8 Å². The molecule has 3 heterocycles. The smallest absolute Gasteiger partial charge is 0.317 e. The number of aromatic nitrogens is 2. The molecule has 16 nitrogen and oxygen atoms in total. The third-order valence-corrected chi connectivity index (χ3v) is 7.31.